The van der Waals surface area contributed by atoms with E-state index in [-0.39, 0.29) is 50.0 Å². The summed E-state index contributed by atoms with van der Waals surface area (Å²) in [5.41, 5.74) is 0. The van der Waals surface area contributed by atoms with E-state index in [4.69, 9.17) is 4.74 Å². The van der Waals surface area contributed by atoms with Crippen molar-refractivity contribution in [1.82, 2.24) is 15.3 Å². The number of nitrogens with zero attached hydrogens (tertiary/aromatic N) is 2. The second-order valence-corrected chi connectivity index (χ2v) is 5.31. The molecule has 0 aliphatic rings. The van der Waals surface area contributed by atoms with Crippen LogP contribution in [0.1, 0.15) is 12.8 Å². The van der Waals surface area contributed by atoms with Crippen molar-refractivity contribution in [3.05, 3.63) is 38.0 Å². The molecule has 0 aromatic carbocycles. The highest BCUT2D eigenvalue weighted by Gasteiger charge is 2.25. The number of carbonyl (C=O) groups is 5. The molecule has 0 heterocycles. The lowest BCUT2D eigenvalue weighted by Crippen LogP contribution is -2.50. The number of hydrogen-bond donors (Lipinski definition) is 2. The molecule has 11 heteroatoms. The van der Waals surface area contributed by atoms with Crippen LogP contribution in [0.2, 0.25) is 0 Å². The monoisotopic (exact) mass is 411 g/mol. The molecule has 0 unspecified atom stereocenters. The summed E-state index contributed by atoms with van der Waals surface area (Å²) in [6.45, 7) is 8.59. The number of esters is 2. The van der Waals surface area contributed by atoms with Crippen molar-refractivity contribution in [3.63, 3.8) is 0 Å². The van der Waals surface area contributed by atoms with E-state index >= 15 is 0 Å². The summed E-state index contributed by atoms with van der Waals surface area (Å²) < 4.78 is 9.34. The first kappa shape index (κ1) is 25.5. The molecule has 0 aromatic rings. The van der Waals surface area contributed by atoms with Crippen molar-refractivity contribution in [2.45, 2.75) is 12.8 Å². The fraction of sp³-hybridized carbons (Fsp3) is 0.389. The molecule has 0 aromatic heterocycles. The molecule has 0 bridgehead atoms. The first-order valence-electron chi connectivity index (χ1n) is 8.56. The lowest BCUT2D eigenvalue weighted by Gasteiger charge is -2.25. The van der Waals surface area contributed by atoms with E-state index < -0.39 is 30.5 Å². The largest absolute Gasteiger partial charge is 0.461 e. The number of carbonyl (C=O) groups excluding carboxylic acids is 5. The predicted octanol–water partition coefficient (Wildman–Crippen LogP) is 0.803. The van der Waals surface area contributed by atoms with Crippen molar-refractivity contribution >= 4 is 29.8 Å². The Morgan fingerprint density at radius 1 is 0.897 bits per heavy atom. The van der Waals surface area contributed by atoms with Gasteiger partial charge in [-0.05, 0) is 12.5 Å². The Kier molecular flexibility index (Phi) is 12.8. The summed E-state index contributed by atoms with van der Waals surface area (Å²) in [4.78, 5) is 58.5. The van der Waals surface area contributed by atoms with Crippen LogP contribution >= 0.6 is 0 Å². The third-order valence-electron chi connectivity index (χ3n) is 3.23. The minimum atomic E-state index is -1.09. The van der Waals surface area contributed by atoms with E-state index in [1.165, 1.54) is 0 Å². The standard InChI is InChI=1S/C18H25N3O8/c1-4-14(22)8-7-10-20(17(25)19-9-12-28-15(23)5-2)18(26)21(27)11-13-29-16(24)6-3/h4-6,27H,1-3,7-13H2,(H,19,25). The maximum atomic E-state index is 12.3. The van der Waals surface area contributed by atoms with Gasteiger partial charge in [0.25, 0.3) is 0 Å². The quantitative estimate of drug-likeness (QED) is 0.149. The van der Waals surface area contributed by atoms with Gasteiger partial charge >= 0.3 is 24.0 Å². The molecule has 11 nitrogen and oxygen atoms in total. The van der Waals surface area contributed by atoms with Crippen LogP contribution in [0, 0.1) is 0 Å². The van der Waals surface area contributed by atoms with Crippen molar-refractivity contribution < 1.29 is 38.7 Å². The van der Waals surface area contributed by atoms with E-state index in [0.717, 1.165) is 18.2 Å². The number of amides is 4. The highest BCUT2D eigenvalue weighted by atomic mass is 16.5. The smallest absolute Gasteiger partial charge is 0.351 e. The normalized spacial score (nSPS) is 9.55. The number of hydroxylamine groups is 2. The van der Waals surface area contributed by atoms with Crippen LogP contribution < -0.4 is 5.32 Å². The second-order valence-electron chi connectivity index (χ2n) is 5.31. The highest BCUT2D eigenvalue weighted by molar-refractivity contribution is 5.93. The lowest BCUT2D eigenvalue weighted by atomic mass is 10.2. The van der Waals surface area contributed by atoms with Crippen LogP contribution in [-0.2, 0) is 23.9 Å². The van der Waals surface area contributed by atoms with Gasteiger partial charge < -0.3 is 14.8 Å². The summed E-state index contributed by atoms with van der Waals surface area (Å²) in [6, 6.07) is -1.97. The van der Waals surface area contributed by atoms with Crippen LogP contribution in [0.25, 0.3) is 0 Å². The summed E-state index contributed by atoms with van der Waals surface area (Å²) in [5, 5.41) is 12.4. The molecule has 29 heavy (non-hydrogen) atoms. The summed E-state index contributed by atoms with van der Waals surface area (Å²) in [5.74, 6) is -1.69. The van der Waals surface area contributed by atoms with Gasteiger partial charge in [-0.15, -0.1) is 0 Å². The van der Waals surface area contributed by atoms with Gasteiger partial charge in [0.2, 0.25) is 0 Å². The first-order chi connectivity index (χ1) is 13.8. The number of rotatable bonds is 13. The molecule has 0 rings (SSSR count). The maximum Gasteiger partial charge on any atom is 0.351 e. The molecule has 0 spiro atoms. The van der Waals surface area contributed by atoms with E-state index in [1.54, 1.807) is 0 Å². The summed E-state index contributed by atoms with van der Waals surface area (Å²) >= 11 is 0. The molecule has 160 valence electrons. The number of hydrogen-bond acceptors (Lipinski definition) is 8. The lowest BCUT2D eigenvalue weighted by molar-refractivity contribution is -0.140. The van der Waals surface area contributed by atoms with Gasteiger partial charge in [-0.3, -0.25) is 10.0 Å². The molecule has 0 atom stereocenters. The van der Waals surface area contributed by atoms with Crippen molar-refractivity contribution in [3.8, 4) is 0 Å². The van der Waals surface area contributed by atoms with E-state index in [9.17, 15) is 29.2 Å². The molecule has 0 aliphatic heterocycles. The number of allylic oxidation sites excluding steroid dienone is 1. The first-order valence-corrected chi connectivity index (χ1v) is 8.56. The van der Waals surface area contributed by atoms with Crippen LogP contribution in [0.3, 0.4) is 0 Å². The third-order valence-corrected chi connectivity index (χ3v) is 3.23. The van der Waals surface area contributed by atoms with Gasteiger partial charge in [-0.2, -0.15) is 0 Å². The van der Waals surface area contributed by atoms with Gasteiger partial charge in [0.05, 0.1) is 13.1 Å². The number of ketones is 1. The summed E-state index contributed by atoms with van der Waals surface area (Å²) in [7, 11) is 0. The molecule has 0 aliphatic carbocycles. The average Bonchev–Trinajstić information content (AvgIpc) is 2.72. The Morgan fingerprint density at radius 2 is 1.48 bits per heavy atom. The van der Waals surface area contributed by atoms with Crippen LogP contribution in [-0.4, -0.2) is 77.8 Å². The van der Waals surface area contributed by atoms with Gasteiger partial charge in [0.1, 0.15) is 13.2 Å². The maximum absolute atomic E-state index is 12.3. The SMILES string of the molecule is C=CC(=O)CCCN(C(=O)NCCOC(=O)C=C)C(=O)N(O)CCOC(=O)C=C. The Hall–Kier alpha value is -3.47. The Labute approximate surface area is 168 Å². The van der Waals surface area contributed by atoms with Crippen molar-refractivity contribution in [1.29, 1.82) is 0 Å². The van der Waals surface area contributed by atoms with Crippen LogP contribution in [0.4, 0.5) is 9.59 Å². The molecule has 0 radical (unpaired) electrons. The molecule has 0 saturated heterocycles. The zero-order valence-electron chi connectivity index (χ0n) is 16.0. The molecular weight excluding hydrogens is 386 g/mol. The minimum Gasteiger partial charge on any atom is -0.461 e. The Balaban J connectivity index is 4.82. The Bertz CT molecular complexity index is 647. The fourth-order valence-corrected chi connectivity index (χ4v) is 1.79. The molecule has 2 N–H and O–H groups in total. The van der Waals surface area contributed by atoms with Crippen LogP contribution in [0.5, 0.6) is 0 Å². The van der Waals surface area contributed by atoms with Gasteiger partial charge in [-0.1, -0.05) is 19.7 Å². The van der Waals surface area contributed by atoms with Crippen molar-refractivity contribution in [2.75, 3.05) is 32.8 Å². The van der Waals surface area contributed by atoms with Gasteiger partial charge in [0, 0.05) is 25.1 Å². The Morgan fingerprint density at radius 3 is 2.03 bits per heavy atom. The second kappa shape index (κ2) is 14.6. The molecular formula is C18H25N3O8. The average molecular weight is 411 g/mol. The third kappa shape index (κ3) is 11.1. The number of urea groups is 2. The van der Waals surface area contributed by atoms with Crippen molar-refractivity contribution in [2.24, 2.45) is 0 Å². The minimum absolute atomic E-state index is 0.0416. The van der Waals surface area contributed by atoms with E-state index in [1.807, 2.05) is 0 Å². The fourth-order valence-electron chi connectivity index (χ4n) is 1.79. The van der Waals surface area contributed by atoms with E-state index in [0.29, 0.717) is 4.90 Å². The topological polar surface area (TPSA) is 143 Å². The number of ether oxygens (including phenoxy) is 2. The molecule has 0 saturated carbocycles. The summed E-state index contributed by atoms with van der Waals surface area (Å²) in [6.07, 6.45) is 3.16. The zero-order valence-corrected chi connectivity index (χ0v) is 16.0. The van der Waals surface area contributed by atoms with Gasteiger partial charge in [0.15, 0.2) is 5.78 Å². The highest BCUT2D eigenvalue weighted by Crippen LogP contribution is 2.03. The van der Waals surface area contributed by atoms with Crippen LogP contribution in [0.15, 0.2) is 38.0 Å². The number of nitrogens with one attached hydrogen (secondary N) is 1. The predicted molar refractivity (Wildman–Crippen MR) is 101 cm³/mol. The van der Waals surface area contributed by atoms with Gasteiger partial charge in [-0.25, -0.2) is 29.1 Å². The zero-order chi connectivity index (χ0) is 22.2. The molecule has 4 amide bonds. The van der Waals surface area contributed by atoms with E-state index in [2.05, 4.69) is 29.8 Å². The number of imide groups is 1. The molecule has 0 fully saturated rings.